The standard InChI is InChI=1S/C27H18N4O2S3/c1-31-17-19(16-30)5-3-7-21-9-11-23(35-21)27-25-24(32-12-13-33-25)26(36-27)22-10-8-20(34-22)6-2-4-18(14-28)15-29/h2-11,17H,12-13H2,1H3/b6-2+,7-3+,19-5+,31-17?. The molecule has 176 valence electrons. The molecule has 0 saturated carbocycles. The lowest BCUT2D eigenvalue weighted by molar-refractivity contribution is 0.175. The Bertz CT molecular complexity index is 1530. The summed E-state index contributed by atoms with van der Waals surface area (Å²) in [4.78, 5) is 10.1. The zero-order valence-electron chi connectivity index (χ0n) is 19.1. The molecule has 0 N–H and O–H groups in total. The quantitative estimate of drug-likeness (QED) is 0.185. The molecular weight excluding hydrogens is 509 g/mol. The van der Waals surface area contributed by atoms with Crippen LogP contribution in [0.25, 0.3) is 31.7 Å². The molecule has 0 bridgehead atoms. The Kier molecular flexibility index (Phi) is 8.28. The fourth-order valence-electron chi connectivity index (χ4n) is 3.24. The van der Waals surface area contributed by atoms with Gasteiger partial charge in [-0.25, -0.2) is 0 Å². The molecular formula is C27H18N4O2S3. The van der Waals surface area contributed by atoms with Gasteiger partial charge in [0, 0.05) is 32.8 Å². The fourth-order valence-corrected chi connectivity index (χ4v) is 6.48. The summed E-state index contributed by atoms with van der Waals surface area (Å²) >= 11 is 4.87. The van der Waals surface area contributed by atoms with E-state index in [0.717, 1.165) is 40.8 Å². The van der Waals surface area contributed by atoms with Gasteiger partial charge in [0.05, 0.1) is 15.3 Å². The second-order valence-corrected chi connectivity index (χ2v) is 10.4. The summed E-state index contributed by atoms with van der Waals surface area (Å²) in [6.45, 7) is 0.997. The van der Waals surface area contributed by atoms with E-state index in [-0.39, 0.29) is 5.57 Å². The zero-order chi connectivity index (χ0) is 25.3. The summed E-state index contributed by atoms with van der Waals surface area (Å²) in [6.07, 6.45) is 12.1. The lowest BCUT2D eigenvalue weighted by atomic mass is 10.2. The van der Waals surface area contributed by atoms with E-state index in [4.69, 9.17) is 25.3 Å². The molecule has 0 aliphatic carbocycles. The number of aliphatic imine (C=N–C) groups is 1. The minimum atomic E-state index is 0.0621. The summed E-state index contributed by atoms with van der Waals surface area (Å²) in [7, 11) is 1.63. The number of ether oxygens (including phenoxy) is 2. The van der Waals surface area contributed by atoms with Crippen LogP contribution in [0.4, 0.5) is 0 Å². The molecule has 0 atom stereocenters. The highest BCUT2D eigenvalue weighted by Crippen LogP contribution is 2.55. The maximum absolute atomic E-state index is 9.11. The number of thiophene rings is 3. The van der Waals surface area contributed by atoms with Gasteiger partial charge in [-0.1, -0.05) is 12.2 Å². The van der Waals surface area contributed by atoms with E-state index in [1.54, 1.807) is 53.2 Å². The van der Waals surface area contributed by atoms with Crippen LogP contribution in [0, 0.1) is 34.0 Å². The van der Waals surface area contributed by atoms with Crippen molar-refractivity contribution >= 4 is 52.4 Å². The molecule has 4 heterocycles. The molecule has 0 unspecified atom stereocenters. The normalized spacial score (nSPS) is 13.1. The molecule has 9 heteroatoms. The smallest absolute Gasteiger partial charge is 0.181 e. The number of hydrogen-bond donors (Lipinski definition) is 0. The van der Waals surface area contributed by atoms with Crippen molar-refractivity contribution in [2.75, 3.05) is 20.3 Å². The summed E-state index contributed by atoms with van der Waals surface area (Å²) in [5, 5.41) is 26.8. The van der Waals surface area contributed by atoms with E-state index in [1.807, 2.05) is 48.6 Å². The number of hydrogen-bond acceptors (Lipinski definition) is 9. The van der Waals surface area contributed by atoms with Crippen molar-refractivity contribution in [1.29, 1.82) is 15.8 Å². The van der Waals surface area contributed by atoms with Crippen LogP contribution in [0.3, 0.4) is 0 Å². The third-order valence-corrected chi connectivity index (χ3v) is 8.41. The second kappa shape index (κ2) is 12.0. The molecule has 6 nitrogen and oxygen atoms in total. The first kappa shape index (κ1) is 24.9. The van der Waals surface area contributed by atoms with Gasteiger partial charge in [-0.05, 0) is 48.6 Å². The largest absolute Gasteiger partial charge is 0.485 e. The van der Waals surface area contributed by atoms with Gasteiger partial charge in [-0.3, -0.25) is 4.99 Å². The summed E-state index contributed by atoms with van der Waals surface area (Å²) in [6, 6.07) is 13.9. The number of nitrogens with zero attached hydrogens (tertiary/aromatic N) is 4. The van der Waals surface area contributed by atoms with Crippen molar-refractivity contribution in [3.63, 3.8) is 0 Å². The number of rotatable bonds is 7. The van der Waals surface area contributed by atoms with Crippen LogP contribution >= 0.6 is 34.0 Å². The predicted molar refractivity (Wildman–Crippen MR) is 147 cm³/mol. The van der Waals surface area contributed by atoms with E-state index in [0.29, 0.717) is 18.8 Å². The maximum atomic E-state index is 9.11. The Balaban J connectivity index is 1.62. The fraction of sp³-hybridized carbons (Fsp3) is 0.111. The van der Waals surface area contributed by atoms with Crippen LogP contribution in [0.1, 0.15) is 9.75 Å². The van der Waals surface area contributed by atoms with Crippen molar-refractivity contribution in [1.82, 2.24) is 0 Å². The molecule has 0 amide bonds. The first-order valence-electron chi connectivity index (χ1n) is 10.7. The summed E-state index contributed by atoms with van der Waals surface area (Å²) in [5.41, 5.74) is 0.553. The predicted octanol–water partition coefficient (Wildman–Crippen LogP) is 7.13. The van der Waals surface area contributed by atoms with E-state index in [9.17, 15) is 0 Å². The molecule has 0 saturated heterocycles. The lowest BCUT2D eigenvalue weighted by Gasteiger charge is -2.16. The van der Waals surface area contributed by atoms with Gasteiger partial charge < -0.3 is 9.47 Å². The molecule has 0 spiro atoms. The molecule has 3 aromatic rings. The van der Waals surface area contributed by atoms with E-state index in [1.165, 1.54) is 12.3 Å². The molecule has 1 aliphatic rings. The summed E-state index contributed by atoms with van der Waals surface area (Å²) < 4.78 is 12.1. The third-order valence-electron chi connectivity index (χ3n) is 4.80. The van der Waals surface area contributed by atoms with Crippen molar-refractivity contribution in [2.45, 2.75) is 0 Å². The van der Waals surface area contributed by atoms with Crippen molar-refractivity contribution in [3.8, 4) is 49.2 Å². The highest BCUT2D eigenvalue weighted by Gasteiger charge is 2.27. The monoisotopic (exact) mass is 526 g/mol. The summed E-state index contributed by atoms with van der Waals surface area (Å²) in [5.74, 6) is 1.53. The van der Waals surface area contributed by atoms with Gasteiger partial charge in [-0.2, -0.15) is 15.8 Å². The minimum absolute atomic E-state index is 0.0621. The van der Waals surface area contributed by atoms with E-state index >= 15 is 0 Å². The van der Waals surface area contributed by atoms with Gasteiger partial charge in [0.2, 0.25) is 0 Å². The molecule has 4 rings (SSSR count). The highest BCUT2D eigenvalue weighted by atomic mass is 32.1. The van der Waals surface area contributed by atoms with Crippen LogP contribution < -0.4 is 9.47 Å². The topological polar surface area (TPSA) is 102 Å². The average Bonchev–Trinajstić information content (AvgIpc) is 3.64. The Morgan fingerprint density at radius 1 is 0.806 bits per heavy atom. The van der Waals surface area contributed by atoms with Crippen molar-refractivity contribution in [3.05, 3.63) is 69.5 Å². The van der Waals surface area contributed by atoms with Crippen LogP contribution in [0.5, 0.6) is 11.5 Å². The first-order chi connectivity index (χ1) is 17.7. The zero-order valence-corrected chi connectivity index (χ0v) is 21.5. The molecule has 1 aliphatic heterocycles. The molecule has 0 aromatic carbocycles. The van der Waals surface area contributed by atoms with Crippen molar-refractivity contribution < 1.29 is 9.47 Å². The van der Waals surface area contributed by atoms with E-state index < -0.39 is 0 Å². The van der Waals surface area contributed by atoms with E-state index in [2.05, 4.69) is 17.1 Å². The van der Waals surface area contributed by atoms with Crippen LogP contribution in [0.2, 0.25) is 0 Å². The third kappa shape index (κ3) is 5.71. The SMILES string of the molecule is CN=C/C(C#N)=C/C=C/c1ccc(-c2sc(-c3ccc(/C=C/C=C(C#N)C#N)s3)c3c2OCCO3)s1. The Morgan fingerprint density at radius 3 is 1.86 bits per heavy atom. The molecule has 0 fully saturated rings. The molecule has 0 radical (unpaired) electrons. The Hall–Kier alpha value is -4.20. The van der Waals surface area contributed by atoms with Gasteiger partial charge >= 0.3 is 0 Å². The first-order valence-corrected chi connectivity index (χ1v) is 13.1. The Morgan fingerprint density at radius 2 is 1.36 bits per heavy atom. The highest BCUT2D eigenvalue weighted by molar-refractivity contribution is 7.27. The second-order valence-electron chi connectivity index (χ2n) is 7.16. The number of nitriles is 3. The molecule has 36 heavy (non-hydrogen) atoms. The Labute approximate surface area is 220 Å². The van der Waals surface area contributed by atoms with Gasteiger partial charge in [-0.15, -0.1) is 34.0 Å². The van der Waals surface area contributed by atoms with Crippen molar-refractivity contribution in [2.24, 2.45) is 4.99 Å². The van der Waals surface area contributed by atoms with Crippen LogP contribution in [-0.4, -0.2) is 26.5 Å². The average molecular weight is 527 g/mol. The van der Waals surface area contributed by atoms with Crippen LogP contribution in [-0.2, 0) is 0 Å². The minimum Gasteiger partial charge on any atom is -0.485 e. The number of allylic oxidation sites excluding steroid dienone is 6. The van der Waals surface area contributed by atoms with Gasteiger partial charge in [0.25, 0.3) is 0 Å². The van der Waals surface area contributed by atoms with Gasteiger partial charge in [0.15, 0.2) is 11.5 Å². The number of fused-ring (bicyclic) bond motifs is 1. The van der Waals surface area contributed by atoms with Crippen LogP contribution in [0.15, 0.2) is 64.7 Å². The molecule has 3 aromatic heterocycles. The van der Waals surface area contributed by atoms with Gasteiger partial charge in [0.1, 0.15) is 37.0 Å². The lowest BCUT2D eigenvalue weighted by Crippen LogP contribution is -2.14. The maximum Gasteiger partial charge on any atom is 0.181 e.